The summed E-state index contributed by atoms with van der Waals surface area (Å²) in [6.45, 7) is 5.66. The van der Waals surface area contributed by atoms with Crippen LogP contribution >= 0.6 is 0 Å². The summed E-state index contributed by atoms with van der Waals surface area (Å²) in [5.74, 6) is 0.448. The second-order valence-corrected chi connectivity index (χ2v) is 10.2. The molecule has 0 aliphatic heterocycles. The number of ether oxygens (including phenoxy) is 2. The number of hydrogen-bond acceptors (Lipinski definition) is 7. The van der Waals surface area contributed by atoms with Gasteiger partial charge in [0.05, 0.1) is 23.7 Å². The molecule has 0 aliphatic carbocycles. The quantitative estimate of drug-likeness (QED) is 0.124. The number of nitrogens with one attached hydrogen (secondary N) is 1. The minimum absolute atomic E-state index is 0.247. The number of carbonyl (C=O) groups is 1. The predicted molar refractivity (Wildman–Crippen MR) is 176 cm³/mol. The van der Waals surface area contributed by atoms with Gasteiger partial charge in [-0.15, -0.1) is 6.58 Å². The Morgan fingerprint density at radius 1 is 1.04 bits per heavy atom. The summed E-state index contributed by atoms with van der Waals surface area (Å²) < 4.78 is 32.7. The van der Waals surface area contributed by atoms with Crippen LogP contribution < -0.4 is 20.3 Å². The third-order valence-electron chi connectivity index (χ3n) is 7.00. The summed E-state index contributed by atoms with van der Waals surface area (Å²) in [7, 11) is 0. The smallest absolute Gasteiger partial charge is 0.282 e. The fourth-order valence-electron chi connectivity index (χ4n) is 5.00. The number of carbonyl (C=O) groups excluding carboxylic acids is 1. The summed E-state index contributed by atoms with van der Waals surface area (Å²) in [4.78, 5) is 31.0. The number of hydrogen-bond donors (Lipinski definition) is 1. The van der Waals surface area contributed by atoms with Crippen LogP contribution in [0, 0.1) is 5.82 Å². The molecule has 1 amide bonds. The number of amides is 1. The molecule has 0 bridgehead atoms. The van der Waals surface area contributed by atoms with Crippen molar-refractivity contribution in [1.82, 2.24) is 9.66 Å². The first-order chi connectivity index (χ1) is 22.4. The molecule has 2 heterocycles. The molecule has 0 fully saturated rings. The molecule has 0 atom stereocenters. The van der Waals surface area contributed by atoms with Crippen molar-refractivity contribution in [2.75, 3.05) is 18.5 Å². The molecule has 6 rings (SSSR count). The zero-order valence-electron chi connectivity index (χ0n) is 24.9. The van der Waals surface area contributed by atoms with Crippen LogP contribution in [0.25, 0.3) is 33.5 Å². The SMILES string of the molecule is C=CCc1cc(C=Nn2c(-c3cc4ccccc4o3)nc3ccccc3c2=O)cc(OCC)c1OCC(=O)Nc1cccc(F)c1. The number of fused-ring (bicyclic) bond motifs is 2. The standard InChI is InChI=1S/C36H29FN4O5/c1-3-10-25-17-23(18-31(44-4-2)34(25)45-22-33(42)39-27-13-9-12-26(37)20-27)21-38-41-35(32-19-24-11-5-8-16-30(24)46-32)40-29-15-7-6-14-28(29)36(41)43/h3,5-9,11-21H,1,4,10,22H2,2H3,(H,39,42). The molecule has 46 heavy (non-hydrogen) atoms. The molecule has 0 radical (unpaired) electrons. The molecule has 0 saturated heterocycles. The maximum absolute atomic E-state index is 13.7. The van der Waals surface area contributed by atoms with Crippen LogP contribution in [0.5, 0.6) is 11.5 Å². The number of furan rings is 1. The van der Waals surface area contributed by atoms with Gasteiger partial charge in [-0.05, 0) is 73.5 Å². The van der Waals surface area contributed by atoms with E-state index in [0.29, 0.717) is 63.6 Å². The van der Waals surface area contributed by atoms with Crippen molar-refractivity contribution in [1.29, 1.82) is 0 Å². The van der Waals surface area contributed by atoms with Gasteiger partial charge in [0.25, 0.3) is 11.5 Å². The second kappa shape index (κ2) is 13.3. The first kappa shape index (κ1) is 30.0. The van der Waals surface area contributed by atoms with Crippen LogP contribution in [0.4, 0.5) is 10.1 Å². The Morgan fingerprint density at radius 3 is 2.67 bits per heavy atom. The molecular weight excluding hydrogens is 587 g/mol. The molecular formula is C36H29FN4O5. The van der Waals surface area contributed by atoms with Gasteiger partial charge in [0.2, 0.25) is 5.82 Å². The largest absolute Gasteiger partial charge is 0.490 e. The van der Waals surface area contributed by atoms with Crippen LogP contribution in [0.15, 0.2) is 118 Å². The highest BCUT2D eigenvalue weighted by atomic mass is 19.1. The number of anilines is 1. The first-order valence-corrected chi connectivity index (χ1v) is 14.6. The van der Waals surface area contributed by atoms with Gasteiger partial charge in [-0.3, -0.25) is 9.59 Å². The van der Waals surface area contributed by atoms with E-state index in [0.717, 1.165) is 5.39 Å². The van der Waals surface area contributed by atoms with Crippen molar-refractivity contribution >= 4 is 39.7 Å². The number of para-hydroxylation sites is 2. The molecule has 4 aromatic carbocycles. The van der Waals surface area contributed by atoms with Crippen molar-refractivity contribution < 1.29 is 23.1 Å². The van der Waals surface area contributed by atoms with Crippen LogP contribution in [0.2, 0.25) is 0 Å². The Bertz CT molecular complexity index is 2140. The molecule has 1 N–H and O–H groups in total. The Hall–Kier alpha value is -6.03. The monoisotopic (exact) mass is 616 g/mol. The highest BCUT2D eigenvalue weighted by molar-refractivity contribution is 5.92. The maximum Gasteiger partial charge on any atom is 0.282 e. The molecule has 9 nitrogen and oxygen atoms in total. The number of nitrogens with zero attached hydrogens (tertiary/aromatic N) is 3. The predicted octanol–water partition coefficient (Wildman–Crippen LogP) is 6.98. The van der Waals surface area contributed by atoms with Crippen LogP contribution in [0.3, 0.4) is 0 Å². The number of aromatic nitrogens is 2. The van der Waals surface area contributed by atoms with Gasteiger partial charge in [-0.1, -0.05) is 42.5 Å². The lowest BCUT2D eigenvalue weighted by atomic mass is 10.1. The normalized spacial score (nSPS) is 11.3. The van der Waals surface area contributed by atoms with Crippen LogP contribution in [0.1, 0.15) is 18.1 Å². The lowest BCUT2D eigenvalue weighted by molar-refractivity contribution is -0.118. The molecule has 0 unspecified atom stereocenters. The van der Waals surface area contributed by atoms with Crippen molar-refractivity contribution in [2.24, 2.45) is 5.10 Å². The fourth-order valence-corrected chi connectivity index (χ4v) is 5.00. The summed E-state index contributed by atoms with van der Waals surface area (Å²) in [6, 6.07) is 25.5. The zero-order chi connectivity index (χ0) is 32.0. The number of halogens is 1. The summed E-state index contributed by atoms with van der Waals surface area (Å²) >= 11 is 0. The summed E-state index contributed by atoms with van der Waals surface area (Å²) in [5, 5.41) is 8.46. The molecule has 230 valence electrons. The molecule has 2 aromatic heterocycles. The van der Waals surface area contributed by atoms with Gasteiger partial charge >= 0.3 is 0 Å². The lowest BCUT2D eigenvalue weighted by Gasteiger charge is -2.16. The second-order valence-electron chi connectivity index (χ2n) is 10.2. The third-order valence-corrected chi connectivity index (χ3v) is 7.00. The van der Waals surface area contributed by atoms with Crippen molar-refractivity contribution in [3.63, 3.8) is 0 Å². The Labute approximate surface area is 263 Å². The van der Waals surface area contributed by atoms with E-state index in [1.54, 1.807) is 36.4 Å². The minimum Gasteiger partial charge on any atom is -0.490 e. The molecule has 10 heteroatoms. The van der Waals surface area contributed by atoms with E-state index < -0.39 is 11.7 Å². The van der Waals surface area contributed by atoms with Crippen LogP contribution in [-0.4, -0.2) is 35.0 Å². The number of rotatable bonds is 11. The molecule has 0 saturated carbocycles. The highest BCUT2D eigenvalue weighted by Crippen LogP contribution is 2.34. The van der Waals surface area contributed by atoms with Gasteiger partial charge in [-0.25, -0.2) is 9.37 Å². The summed E-state index contributed by atoms with van der Waals surface area (Å²) in [5.41, 5.74) is 2.42. The van der Waals surface area contributed by atoms with Crippen molar-refractivity contribution in [3.8, 4) is 23.1 Å². The van der Waals surface area contributed by atoms with Gasteiger partial charge in [0.15, 0.2) is 23.9 Å². The van der Waals surface area contributed by atoms with E-state index in [1.165, 1.54) is 29.1 Å². The van der Waals surface area contributed by atoms with Gasteiger partial charge in [0.1, 0.15) is 11.4 Å². The molecule has 0 spiro atoms. The topological polar surface area (TPSA) is 108 Å². The van der Waals surface area contributed by atoms with E-state index in [-0.39, 0.29) is 18.0 Å². The first-order valence-electron chi connectivity index (χ1n) is 14.6. The number of benzene rings is 4. The van der Waals surface area contributed by atoms with E-state index in [4.69, 9.17) is 18.9 Å². The van der Waals surface area contributed by atoms with E-state index in [2.05, 4.69) is 17.0 Å². The Morgan fingerprint density at radius 2 is 1.87 bits per heavy atom. The van der Waals surface area contributed by atoms with E-state index in [9.17, 15) is 14.0 Å². The lowest BCUT2D eigenvalue weighted by Crippen LogP contribution is -2.21. The highest BCUT2D eigenvalue weighted by Gasteiger charge is 2.18. The zero-order valence-corrected chi connectivity index (χ0v) is 24.9. The minimum atomic E-state index is -0.468. The third kappa shape index (κ3) is 6.41. The van der Waals surface area contributed by atoms with Gasteiger partial charge < -0.3 is 19.2 Å². The average molecular weight is 617 g/mol. The molecule has 0 aliphatic rings. The van der Waals surface area contributed by atoms with E-state index >= 15 is 0 Å². The van der Waals surface area contributed by atoms with Crippen molar-refractivity contribution in [2.45, 2.75) is 13.3 Å². The number of allylic oxidation sites excluding steroid dienone is 1. The average Bonchev–Trinajstić information content (AvgIpc) is 3.48. The summed E-state index contributed by atoms with van der Waals surface area (Å²) in [6.07, 6.45) is 3.62. The Kier molecular flexibility index (Phi) is 8.69. The van der Waals surface area contributed by atoms with Crippen LogP contribution in [-0.2, 0) is 11.2 Å². The molecule has 6 aromatic rings. The van der Waals surface area contributed by atoms with Gasteiger partial charge in [-0.2, -0.15) is 9.78 Å². The fraction of sp³-hybridized carbons (Fsp3) is 0.111. The van der Waals surface area contributed by atoms with E-state index in [1.807, 2.05) is 49.4 Å². The van der Waals surface area contributed by atoms with Gasteiger partial charge in [0, 0.05) is 16.6 Å². The maximum atomic E-state index is 13.7. The van der Waals surface area contributed by atoms with Crippen molar-refractivity contribution in [3.05, 3.63) is 131 Å². The Balaban J connectivity index is 1.36.